The van der Waals surface area contributed by atoms with Gasteiger partial charge in [-0.1, -0.05) is 18.2 Å². The molecule has 2 nitrogen and oxygen atoms in total. The van der Waals surface area contributed by atoms with Crippen LogP contribution in [0.3, 0.4) is 0 Å². The molecule has 0 aliphatic rings. The number of ketones is 1. The first-order chi connectivity index (χ1) is 9.25. The average Bonchev–Trinajstić information content (AvgIpc) is 2.47. The molecule has 0 atom stereocenters. The molecule has 0 saturated heterocycles. The first kappa shape index (κ1) is 11.5. The predicted molar refractivity (Wildman–Crippen MR) is 71.6 cm³/mol. The van der Waals surface area contributed by atoms with Crippen molar-refractivity contribution in [1.82, 2.24) is 4.98 Å². The minimum absolute atomic E-state index is 0.126. The Hall–Kier alpha value is -2.55. The number of para-hydroxylation sites is 1. The Bertz CT molecular complexity index is 745. The molecule has 92 valence electrons. The second-order valence-corrected chi connectivity index (χ2v) is 4.21. The zero-order valence-electron chi connectivity index (χ0n) is 10.0. The number of benzene rings is 2. The molecule has 0 aliphatic carbocycles. The molecule has 0 amide bonds. The van der Waals surface area contributed by atoms with Crippen LogP contribution in [0.15, 0.2) is 60.8 Å². The lowest BCUT2D eigenvalue weighted by Crippen LogP contribution is -2.02. The number of carbonyl (C=O) groups excluding carboxylic acids is 1. The van der Waals surface area contributed by atoms with Gasteiger partial charge in [0.1, 0.15) is 5.82 Å². The summed E-state index contributed by atoms with van der Waals surface area (Å²) in [4.78, 5) is 16.6. The molecule has 3 heteroatoms. The molecule has 0 fully saturated rings. The highest BCUT2D eigenvalue weighted by atomic mass is 19.1. The van der Waals surface area contributed by atoms with Crippen LogP contribution in [0.4, 0.5) is 4.39 Å². The lowest BCUT2D eigenvalue weighted by atomic mass is 10.00. The van der Waals surface area contributed by atoms with Gasteiger partial charge in [-0.3, -0.25) is 9.78 Å². The van der Waals surface area contributed by atoms with Crippen LogP contribution < -0.4 is 0 Å². The fourth-order valence-electron chi connectivity index (χ4n) is 2.05. The van der Waals surface area contributed by atoms with Crippen LogP contribution in [-0.4, -0.2) is 10.8 Å². The van der Waals surface area contributed by atoms with Crippen molar-refractivity contribution in [1.29, 1.82) is 0 Å². The Labute approximate surface area is 109 Å². The summed E-state index contributed by atoms with van der Waals surface area (Å²) in [5.41, 5.74) is 1.82. The average molecular weight is 251 g/mol. The first-order valence-corrected chi connectivity index (χ1v) is 5.90. The fraction of sp³-hybridized carbons (Fsp3) is 0. The Morgan fingerprint density at radius 3 is 2.47 bits per heavy atom. The molecule has 3 aromatic rings. The largest absolute Gasteiger partial charge is 0.289 e. The first-order valence-electron chi connectivity index (χ1n) is 5.90. The second-order valence-electron chi connectivity index (χ2n) is 4.21. The molecule has 0 saturated carbocycles. The quantitative estimate of drug-likeness (QED) is 0.651. The van der Waals surface area contributed by atoms with E-state index in [2.05, 4.69) is 4.98 Å². The minimum atomic E-state index is -0.351. The van der Waals surface area contributed by atoms with E-state index in [1.807, 2.05) is 24.3 Å². The molecule has 1 aromatic heterocycles. The second kappa shape index (κ2) is 4.61. The Morgan fingerprint density at radius 1 is 0.947 bits per heavy atom. The number of hydrogen-bond donors (Lipinski definition) is 0. The third kappa shape index (κ3) is 2.10. The van der Waals surface area contributed by atoms with E-state index in [0.717, 1.165) is 10.9 Å². The van der Waals surface area contributed by atoms with Gasteiger partial charge in [-0.15, -0.1) is 0 Å². The highest BCUT2D eigenvalue weighted by molar-refractivity contribution is 6.15. The van der Waals surface area contributed by atoms with E-state index in [4.69, 9.17) is 0 Å². The fourth-order valence-corrected chi connectivity index (χ4v) is 2.05. The number of pyridine rings is 1. The van der Waals surface area contributed by atoms with Gasteiger partial charge in [-0.05, 0) is 36.4 Å². The van der Waals surface area contributed by atoms with Crippen LogP contribution in [0.5, 0.6) is 0 Å². The van der Waals surface area contributed by atoms with Gasteiger partial charge in [0.15, 0.2) is 5.78 Å². The van der Waals surface area contributed by atoms with Crippen molar-refractivity contribution in [3.63, 3.8) is 0 Å². The molecule has 0 radical (unpaired) electrons. The normalized spacial score (nSPS) is 10.6. The van der Waals surface area contributed by atoms with Crippen molar-refractivity contribution in [2.24, 2.45) is 0 Å². The van der Waals surface area contributed by atoms with Crippen molar-refractivity contribution >= 4 is 16.7 Å². The predicted octanol–water partition coefficient (Wildman–Crippen LogP) is 3.60. The summed E-state index contributed by atoms with van der Waals surface area (Å²) in [6, 6.07) is 14.7. The third-order valence-electron chi connectivity index (χ3n) is 3.00. The zero-order valence-corrected chi connectivity index (χ0v) is 10.0. The molecule has 0 N–H and O–H groups in total. The van der Waals surface area contributed by atoms with Gasteiger partial charge in [0, 0.05) is 22.7 Å². The summed E-state index contributed by atoms with van der Waals surface area (Å²) < 4.78 is 12.9. The highest BCUT2D eigenvalue weighted by Crippen LogP contribution is 2.19. The van der Waals surface area contributed by atoms with E-state index in [-0.39, 0.29) is 11.6 Å². The van der Waals surface area contributed by atoms with Gasteiger partial charge in [0.25, 0.3) is 0 Å². The molecule has 0 spiro atoms. The van der Waals surface area contributed by atoms with E-state index >= 15 is 0 Å². The smallest absolute Gasteiger partial charge is 0.193 e. The van der Waals surface area contributed by atoms with Gasteiger partial charge in [0.05, 0.1) is 5.52 Å². The van der Waals surface area contributed by atoms with Crippen molar-refractivity contribution < 1.29 is 9.18 Å². The zero-order chi connectivity index (χ0) is 13.2. The van der Waals surface area contributed by atoms with Crippen LogP contribution in [-0.2, 0) is 0 Å². The number of aromatic nitrogens is 1. The van der Waals surface area contributed by atoms with E-state index in [9.17, 15) is 9.18 Å². The number of carbonyl (C=O) groups is 1. The summed E-state index contributed by atoms with van der Waals surface area (Å²) in [6.07, 6.45) is 1.61. The van der Waals surface area contributed by atoms with Crippen molar-refractivity contribution in [3.8, 4) is 0 Å². The number of hydrogen-bond acceptors (Lipinski definition) is 2. The molecule has 0 unspecified atom stereocenters. The lowest BCUT2D eigenvalue weighted by molar-refractivity contribution is 0.104. The number of halogens is 1. The van der Waals surface area contributed by atoms with Gasteiger partial charge in [-0.2, -0.15) is 0 Å². The number of fused-ring (bicyclic) bond motifs is 1. The van der Waals surface area contributed by atoms with Crippen LogP contribution in [0.25, 0.3) is 10.9 Å². The number of nitrogens with zero attached hydrogens (tertiary/aromatic N) is 1. The van der Waals surface area contributed by atoms with Crippen LogP contribution in [0.1, 0.15) is 15.9 Å². The molecule has 1 heterocycles. The summed E-state index contributed by atoms with van der Waals surface area (Å²) in [6.45, 7) is 0. The maximum absolute atomic E-state index is 12.9. The van der Waals surface area contributed by atoms with Gasteiger partial charge in [-0.25, -0.2) is 4.39 Å². The topological polar surface area (TPSA) is 30.0 Å². The summed E-state index contributed by atoms with van der Waals surface area (Å²) in [5.74, 6) is -0.477. The van der Waals surface area contributed by atoms with E-state index in [1.54, 1.807) is 12.3 Å². The minimum Gasteiger partial charge on any atom is -0.289 e. The van der Waals surface area contributed by atoms with Crippen molar-refractivity contribution in [3.05, 3.63) is 77.7 Å². The van der Waals surface area contributed by atoms with Crippen LogP contribution >= 0.6 is 0 Å². The van der Waals surface area contributed by atoms with Crippen molar-refractivity contribution in [2.75, 3.05) is 0 Å². The van der Waals surface area contributed by atoms with Gasteiger partial charge < -0.3 is 0 Å². The molecular weight excluding hydrogens is 241 g/mol. The third-order valence-corrected chi connectivity index (χ3v) is 3.00. The lowest BCUT2D eigenvalue weighted by Gasteiger charge is -2.05. The summed E-state index contributed by atoms with van der Waals surface area (Å²) in [7, 11) is 0. The standard InChI is InChI=1S/C16H10FNO/c17-12-7-5-11(6-8-12)16(19)14-9-10-18-15-4-2-1-3-13(14)15/h1-10H. The molecule has 0 bridgehead atoms. The molecule has 19 heavy (non-hydrogen) atoms. The summed E-state index contributed by atoms with van der Waals surface area (Å²) >= 11 is 0. The van der Waals surface area contributed by atoms with Crippen LogP contribution in [0.2, 0.25) is 0 Å². The van der Waals surface area contributed by atoms with E-state index < -0.39 is 0 Å². The molecule has 3 rings (SSSR count). The number of rotatable bonds is 2. The van der Waals surface area contributed by atoms with E-state index in [0.29, 0.717) is 11.1 Å². The monoisotopic (exact) mass is 251 g/mol. The highest BCUT2D eigenvalue weighted by Gasteiger charge is 2.12. The van der Waals surface area contributed by atoms with E-state index in [1.165, 1.54) is 24.3 Å². The van der Waals surface area contributed by atoms with Gasteiger partial charge >= 0.3 is 0 Å². The maximum Gasteiger partial charge on any atom is 0.193 e. The van der Waals surface area contributed by atoms with Gasteiger partial charge in [0.2, 0.25) is 0 Å². The Morgan fingerprint density at radius 2 is 1.68 bits per heavy atom. The molecule has 2 aromatic carbocycles. The van der Waals surface area contributed by atoms with Crippen molar-refractivity contribution in [2.45, 2.75) is 0 Å². The Kier molecular flexibility index (Phi) is 2.80. The van der Waals surface area contributed by atoms with Crippen LogP contribution in [0, 0.1) is 5.82 Å². The summed E-state index contributed by atoms with van der Waals surface area (Å²) in [5, 5.41) is 0.805. The Balaban J connectivity index is 2.14. The molecular formula is C16H10FNO. The maximum atomic E-state index is 12.9. The SMILES string of the molecule is O=C(c1ccc(F)cc1)c1ccnc2ccccc12. The molecule has 0 aliphatic heterocycles.